The summed E-state index contributed by atoms with van der Waals surface area (Å²) in [5.74, 6) is -0.0687. The van der Waals surface area contributed by atoms with E-state index in [2.05, 4.69) is 15.2 Å². The standard InChI is InChI=1S/C22H19N5O5/c1-14-19(15(2)26(24-14)17-6-4-3-5-7-17)12-21(28)31-13-20-23-22(25-32-20)16-8-10-18(11-9-16)27(29)30/h3-11H,12-13H2,1-2H3. The number of hydrogen-bond acceptors (Lipinski definition) is 8. The minimum atomic E-state index is -0.488. The van der Waals surface area contributed by atoms with Crippen LogP contribution in [-0.2, 0) is 22.6 Å². The van der Waals surface area contributed by atoms with Crippen LogP contribution in [0, 0.1) is 24.0 Å². The highest BCUT2D eigenvalue weighted by atomic mass is 16.6. The normalized spacial score (nSPS) is 10.8. The second-order valence-corrected chi connectivity index (χ2v) is 7.05. The molecular formula is C22H19N5O5. The van der Waals surface area contributed by atoms with Crippen molar-refractivity contribution < 1.29 is 19.0 Å². The highest BCUT2D eigenvalue weighted by Gasteiger charge is 2.18. The highest BCUT2D eigenvalue weighted by Crippen LogP contribution is 2.21. The molecule has 0 amide bonds. The Balaban J connectivity index is 1.39. The van der Waals surface area contributed by atoms with Gasteiger partial charge in [0, 0.05) is 29.0 Å². The molecule has 2 heterocycles. The average Bonchev–Trinajstić information content (AvgIpc) is 3.39. The lowest BCUT2D eigenvalue weighted by Gasteiger charge is -2.05. The van der Waals surface area contributed by atoms with Crippen molar-refractivity contribution in [2.45, 2.75) is 26.9 Å². The van der Waals surface area contributed by atoms with Gasteiger partial charge in [-0.05, 0) is 38.1 Å². The SMILES string of the molecule is Cc1nn(-c2ccccc2)c(C)c1CC(=O)OCc1nc(-c2ccc([N+](=O)[O-])cc2)no1. The van der Waals surface area contributed by atoms with Gasteiger partial charge in [0.1, 0.15) is 0 Å². The van der Waals surface area contributed by atoms with Crippen molar-refractivity contribution in [3.8, 4) is 17.1 Å². The van der Waals surface area contributed by atoms with Gasteiger partial charge in [0.25, 0.3) is 11.6 Å². The molecule has 0 bridgehead atoms. The maximum Gasteiger partial charge on any atom is 0.310 e. The number of nitrogens with zero attached hydrogens (tertiary/aromatic N) is 5. The second-order valence-electron chi connectivity index (χ2n) is 7.05. The average molecular weight is 433 g/mol. The van der Waals surface area contributed by atoms with Gasteiger partial charge in [0.05, 0.1) is 22.7 Å². The van der Waals surface area contributed by atoms with Crippen molar-refractivity contribution in [3.63, 3.8) is 0 Å². The molecule has 0 aliphatic rings. The Morgan fingerprint density at radius 3 is 2.53 bits per heavy atom. The van der Waals surface area contributed by atoms with Crippen LogP contribution < -0.4 is 0 Å². The summed E-state index contributed by atoms with van der Waals surface area (Å²) in [6.07, 6.45) is 0.0633. The van der Waals surface area contributed by atoms with Crippen LogP contribution in [0.25, 0.3) is 17.1 Å². The smallest absolute Gasteiger partial charge is 0.310 e. The summed E-state index contributed by atoms with van der Waals surface area (Å²) in [5, 5.41) is 19.1. The summed E-state index contributed by atoms with van der Waals surface area (Å²) >= 11 is 0. The van der Waals surface area contributed by atoms with Crippen LogP contribution in [0.3, 0.4) is 0 Å². The molecule has 0 radical (unpaired) electrons. The third kappa shape index (κ3) is 4.38. The Hall–Kier alpha value is -4.34. The van der Waals surface area contributed by atoms with Gasteiger partial charge in [-0.25, -0.2) is 4.68 Å². The number of carbonyl (C=O) groups excluding carboxylic acids is 1. The second kappa shape index (κ2) is 8.80. The van der Waals surface area contributed by atoms with Crippen LogP contribution in [0.15, 0.2) is 59.1 Å². The van der Waals surface area contributed by atoms with E-state index < -0.39 is 10.9 Å². The number of aromatic nitrogens is 4. The third-order valence-corrected chi connectivity index (χ3v) is 4.92. The van der Waals surface area contributed by atoms with Crippen LogP contribution >= 0.6 is 0 Å². The monoisotopic (exact) mass is 433 g/mol. The molecule has 0 atom stereocenters. The molecule has 0 saturated heterocycles. The Morgan fingerprint density at radius 1 is 1.12 bits per heavy atom. The molecule has 0 spiro atoms. The van der Waals surface area contributed by atoms with Crippen LogP contribution in [-0.4, -0.2) is 30.8 Å². The van der Waals surface area contributed by atoms with Gasteiger partial charge in [0.15, 0.2) is 6.61 Å². The van der Waals surface area contributed by atoms with E-state index in [0.29, 0.717) is 5.56 Å². The minimum Gasteiger partial charge on any atom is -0.455 e. The lowest BCUT2D eigenvalue weighted by Crippen LogP contribution is -2.09. The summed E-state index contributed by atoms with van der Waals surface area (Å²) in [4.78, 5) is 26.8. The van der Waals surface area contributed by atoms with E-state index >= 15 is 0 Å². The Morgan fingerprint density at radius 2 is 1.84 bits per heavy atom. The first-order valence-electron chi connectivity index (χ1n) is 9.76. The molecule has 0 aliphatic carbocycles. The number of aryl methyl sites for hydroxylation is 1. The van der Waals surface area contributed by atoms with Crippen molar-refractivity contribution in [3.05, 3.63) is 87.6 Å². The van der Waals surface area contributed by atoms with E-state index in [1.807, 2.05) is 44.2 Å². The number of hydrogen-bond donors (Lipinski definition) is 0. The van der Waals surface area contributed by atoms with Crippen molar-refractivity contribution in [2.24, 2.45) is 0 Å². The van der Waals surface area contributed by atoms with Crippen molar-refractivity contribution in [1.29, 1.82) is 0 Å². The molecule has 0 fully saturated rings. The number of benzene rings is 2. The molecule has 2 aromatic heterocycles. The van der Waals surface area contributed by atoms with Gasteiger partial charge in [-0.3, -0.25) is 14.9 Å². The number of nitro benzene ring substituents is 1. The van der Waals surface area contributed by atoms with E-state index in [4.69, 9.17) is 9.26 Å². The summed E-state index contributed by atoms with van der Waals surface area (Å²) in [6, 6.07) is 15.4. The van der Waals surface area contributed by atoms with E-state index in [0.717, 1.165) is 22.6 Å². The van der Waals surface area contributed by atoms with Crippen LogP contribution in [0.1, 0.15) is 22.8 Å². The number of carbonyl (C=O) groups is 1. The van der Waals surface area contributed by atoms with E-state index in [9.17, 15) is 14.9 Å². The first-order valence-corrected chi connectivity index (χ1v) is 9.76. The topological polar surface area (TPSA) is 126 Å². The van der Waals surface area contributed by atoms with Crippen LogP contribution in [0.2, 0.25) is 0 Å². The molecule has 4 aromatic rings. The van der Waals surface area contributed by atoms with Gasteiger partial charge in [-0.1, -0.05) is 23.4 Å². The number of esters is 1. The molecule has 0 aliphatic heterocycles. The zero-order chi connectivity index (χ0) is 22.7. The number of non-ortho nitro benzene ring substituents is 1. The highest BCUT2D eigenvalue weighted by molar-refractivity contribution is 5.73. The largest absolute Gasteiger partial charge is 0.455 e. The third-order valence-electron chi connectivity index (χ3n) is 4.92. The zero-order valence-corrected chi connectivity index (χ0v) is 17.4. The van der Waals surface area contributed by atoms with E-state index in [1.165, 1.54) is 24.3 Å². The zero-order valence-electron chi connectivity index (χ0n) is 17.4. The van der Waals surface area contributed by atoms with Gasteiger partial charge in [-0.2, -0.15) is 10.1 Å². The molecule has 2 aromatic carbocycles. The molecular weight excluding hydrogens is 414 g/mol. The first kappa shape index (κ1) is 20.9. The lowest BCUT2D eigenvalue weighted by atomic mass is 10.1. The van der Waals surface area contributed by atoms with Crippen molar-refractivity contribution in [1.82, 2.24) is 19.9 Å². The predicted molar refractivity (Wildman–Crippen MR) is 113 cm³/mol. The maximum atomic E-state index is 12.4. The summed E-state index contributed by atoms with van der Waals surface area (Å²) in [7, 11) is 0. The van der Waals surface area contributed by atoms with Gasteiger partial charge in [-0.15, -0.1) is 0 Å². The molecule has 10 nitrogen and oxygen atoms in total. The van der Waals surface area contributed by atoms with Gasteiger partial charge in [0.2, 0.25) is 5.82 Å². The molecule has 4 rings (SSSR count). The Kier molecular flexibility index (Phi) is 5.75. The maximum absolute atomic E-state index is 12.4. The predicted octanol–water partition coefficient (Wildman–Crippen LogP) is 3.73. The molecule has 0 unspecified atom stereocenters. The van der Waals surface area contributed by atoms with Crippen molar-refractivity contribution >= 4 is 11.7 Å². The summed E-state index contributed by atoms with van der Waals surface area (Å²) in [5.41, 5.74) is 3.85. The van der Waals surface area contributed by atoms with Gasteiger partial charge >= 0.3 is 5.97 Å². The molecule has 0 N–H and O–H groups in total. The number of ether oxygens (including phenoxy) is 1. The Bertz CT molecular complexity index is 1260. The molecule has 162 valence electrons. The quantitative estimate of drug-likeness (QED) is 0.245. The van der Waals surface area contributed by atoms with E-state index in [-0.39, 0.29) is 30.4 Å². The fraction of sp³-hybridized carbons (Fsp3) is 0.182. The summed E-state index contributed by atoms with van der Waals surface area (Å²) in [6.45, 7) is 3.58. The lowest BCUT2D eigenvalue weighted by molar-refractivity contribution is -0.384. The van der Waals surface area contributed by atoms with Gasteiger partial charge < -0.3 is 9.26 Å². The Labute approximate surface area is 182 Å². The number of nitro groups is 1. The summed E-state index contributed by atoms with van der Waals surface area (Å²) < 4.78 is 12.2. The van der Waals surface area contributed by atoms with Crippen molar-refractivity contribution in [2.75, 3.05) is 0 Å². The van der Waals surface area contributed by atoms with E-state index in [1.54, 1.807) is 4.68 Å². The fourth-order valence-electron chi connectivity index (χ4n) is 3.25. The minimum absolute atomic E-state index is 0.0347. The number of para-hydroxylation sites is 1. The molecule has 0 saturated carbocycles. The molecule has 32 heavy (non-hydrogen) atoms. The van der Waals surface area contributed by atoms with Crippen LogP contribution in [0.5, 0.6) is 0 Å². The molecule has 10 heteroatoms. The fourth-order valence-corrected chi connectivity index (χ4v) is 3.25. The number of rotatable bonds is 7. The first-order chi connectivity index (χ1) is 15.4. The van der Waals surface area contributed by atoms with Crippen LogP contribution in [0.4, 0.5) is 5.69 Å².